The van der Waals surface area contributed by atoms with Crippen molar-refractivity contribution in [3.05, 3.63) is 28.3 Å². The van der Waals surface area contributed by atoms with Crippen molar-refractivity contribution < 1.29 is 18.1 Å². The van der Waals surface area contributed by atoms with Gasteiger partial charge in [0.05, 0.1) is 23.8 Å². The molecular weight excluding hydrogens is 398 g/mol. The highest BCUT2D eigenvalue weighted by Crippen LogP contribution is 2.29. The average Bonchev–Trinajstić information content (AvgIpc) is 2.73. The van der Waals surface area contributed by atoms with E-state index in [0.717, 1.165) is 32.2 Å². The molecule has 1 N–H and O–H groups in total. The molecule has 29 heavy (non-hydrogen) atoms. The molecule has 3 rings (SSSR count). The van der Waals surface area contributed by atoms with Crippen LogP contribution in [0.1, 0.15) is 6.92 Å². The maximum atomic E-state index is 13.2. The number of sulfonamides is 1. The number of anilines is 1. The van der Waals surface area contributed by atoms with Crippen LogP contribution in [0.4, 0.5) is 11.4 Å². The molecule has 2 aliphatic heterocycles. The van der Waals surface area contributed by atoms with Gasteiger partial charge in [-0.2, -0.15) is 4.31 Å². The number of nitrogens with one attached hydrogen (secondary N) is 1. The monoisotopic (exact) mass is 427 g/mol. The second kappa shape index (κ2) is 9.35. The van der Waals surface area contributed by atoms with E-state index in [1.807, 2.05) is 0 Å². The van der Waals surface area contributed by atoms with Crippen molar-refractivity contribution in [2.75, 3.05) is 71.4 Å². The molecule has 0 aliphatic carbocycles. The van der Waals surface area contributed by atoms with Gasteiger partial charge in [-0.1, -0.05) is 0 Å². The van der Waals surface area contributed by atoms with Gasteiger partial charge in [-0.25, -0.2) is 8.42 Å². The topological polar surface area (TPSA) is 108 Å². The number of ether oxygens (including phenoxy) is 1. The summed E-state index contributed by atoms with van der Waals surface area (Å²) < 4.78 is 32.9. The third-order valence-electron chi connectivity index (χ3n) is 5.51. The van der Waals surface area contributed by atoms with Crippen LogP contribution in [-0.2, 0) is 14.8 Å². The Bertz CT molecular complexity index is 820. The molecular formula is C18H29N5O5S. The lowest BCUT2D eigenvalue weighted by atomic mass is 10.2. The molecule has 2 aliphatic rings. The van der Waals surface area contributed by atoms with E-state index in [1.54, 1.807) is 0 Å². The van der Waals surface area contributed by atoms with Gasteiger partial charge in [-0.3, -0.25) is 15.0 Å². The summed E-state index contributed by atoms with van der Waals surface area (Å²) in [5.74, 6) is 0. The zero-order valence-corrected chi connectivity index (χ0v) is 17.7. The minimum atomic E-state index is -3.86. The minimum absolute atomic E-state index is 0.0563. The van der Waals surface area contributed by atoms with Crippen LogP contribution in [0.25, 0.3) is 0 Å². The number of nitro groups is 1. The number of nitro benzene ring substituents is 1. The van der Waals surface area contributed by atoms with Gasteiger partial charge >= 0.3 is 0 Å². The number of hydrogen-bond donors (Lipinski definition) is 1. The molecule has 1 aromatic rings. The fourth-order valence-electron chi connectivity index (χ4n) is 3.56. The standard InChI is InChI=1S/C18H29N5O5S/c1-15(21-7-5-20(2)6-8-21)14-19-17-4-3-16(23(24)25)13-18(17)29(26,27)22-9-11-28-12-10-22/h3-4,13,15,19H,5-12,14H2,1-2H3. The highest BCUT2D eigenvalue weighted by Gasteiger charge is 2.30. The molecule has 2 saturated heterocycles. The quantitative estimate of drug-likeness (QED) is 0.500. The zero-order valence-electron chi connectivity index (χ0n) is 16.9. The second-order valence-electron chi connectivity index (χ2n) is 7.52. The normalized spacial score (nSPS) is 21.0. The van der Waals surface area contributed by atoms with Crippen molar-refractivity contribution in [2.24, 2.45) is 0 Å². The van der Waals surface area contributed by atoms with Crippen molar-refractivity contribution in [3.8, 4) is 0 Å². The lowest BCUT2D eigenvalue weighted by molar-refractivity contribution is -0.385. The van der Waals surface area contributed by atoms with Gasteiger partial charge in [-0.15, -0.1) is 0 Å². The maximum absolute atomic E-state index is 13.2. The number of piperazine rings is 1. The molecule has 0 radical (unpaired) electrons. The third-order valence-corrected chi connectivity index (χ3v) is 7.45. The van der Waals surface area contributed by atoms with Crippen molar-refractivity contribution in [1.82, 2.24) is 14.1 Å². The van der Waals surface area contributed by atoms with E-state index in [4.69, 9.17) is 4.74 Å². The summed E-state index contributed by atoms with van der Waals surface area (Å²) >= 11 is 0. The van der Waals surface area contributed by atoms with Crippen LogP contribution in [0.5, 0.6) is 0 Å². The number of rotatable bonds is 7. The maximum Gasteiger partial charge on any atom is 0.270 e. The average molecular weight is 428 g/mol. The Labute approximate surface area is 171 Å². The SMILES string of the molecule is CC(CNc1ccc([N+](=O)[O-])cc1S(=O)(=O)N1CCOCC1)N1CCN(C)CC1. The lowest BCUT2D eigenvalue weighted by Crippen LogP contribution is -2.50. The number of hydrogen-bond acceptors (Lipinski definition) is 8. The molecule has 162 valence electrons. The van der Waals surface area contributed by atoms with Gasteiger partial charge in [-0.05, 0) is 20.0 Å². The molecule has 2 fully saturated rings. The van der Waals surface area contributed by atoms with Gasteiger partial charge in [0.25, 0.3) is 5.69 Å². The summed E-state index contributed by atoms with van der Waals surface area (Å²) in [6.45, 7) is 7.67. The van der Waals surface area contributed by atoms with Crippen molar-refractivity contribution in [2.45, 2.75) is 17.9 Å². The second-order valence-corrected chi connectivity index (χ2v) is 9.43. The molecule has 0 amide bonds. The Morgan fingerprint density at radius 3 is 2.45 bits per heavy atom. The summed E-state index contributed by atoms with van der Waals surface area (Å²) in [6, 6.07) is 4.18. The van der Waals surface area contributed by atoms with Gasteiger partial charge in [0, 0.05) is 64.0 Å². The fraction of sp³-hybridized carbons (Fsp3) is 0.667. The Morgan fingerprint density at radius 2 is 1.83 bits per heavy atom. The van der Waals surface area contributed by atoms with E-state index in [1.165, 1.54) is 16.4 Å². The molecule has 0 aromatic heterocycles. The smallest absolute Gasteiger partial charge is 0.270 e. The third kappa shape index (κ3) is 5.23. The predicted molar refractivity (Wildman–Crippen MR) is 110 cm³/mol. The largest absolute Gasteiger partial charge is 0.382 e. The Kier molecular flexibility index (Phi) is 7.06. The molecule has 10 nitrogen and oxygen atoms in total. The van der Waals surface area contributed by atoms with E-state index in [2.05, 4.69) is 29.1 Å². The Hall–Kier alpha value is -1.79. The van der Waals surface area contributed by atoms with E-state index < -0.39 is 14.9 Å². The molecule has 0 saturated carbocycles. The predicted octanol–water partition coefficient (Wildman–Crippen LogP) is 0.664. The fourth-order valence-corrected chi connectivity index (χ4v) is 5.16. The molecule has 1 unspecified atom stereocenters. The van der Waals surface area contributed by atoms with Crippen LogP contribution in [-0.4, -0.2) is 99.6 Å². The zero-order chi connectivity index (χ0) is 21.0. The van der Waals surface area contributed by atoms with Gasteiger partial charge in [0.1, 0.15) is 4.90 Å². The minimum Gasteiger partial charge on any atom is -0.382 e. The first-order valence-corrected chi connectivity index (χ1v) is 11.3. The first-order valence-electron chi connectivity index (χ1n) is 9.82. The Morgan fingerprint density at radius 1 is 1.17 bits per heavy atom. The Balaban J connectivity index is 1.79. The first kappa shape index (κ1) is 21.9. The van der Waals surface area contributed by atoms with Crippen LogP contribution in [0, 0.1) is 10.1 Å². The van der Waals surface area contributed by atoms with E-state index in [0.29, 0.717) is 25.4 Å². The van der Waals surface area contributed by atoms with Crippen molar-refractivity contribution >= 4 is 21.4 Å². The van der Waals surface area contributed by atoms with E-state index in [9.17, 15) is 18.5 Å². The van der Waals surface area contributed by atoms with Crippen LogP contribution >= 0.6 is 0 Å². The summed E-state index contributed by atoms with van der Waals surface area (Å²) in [5, 5.41) is 14.4. The molecule has 0 bridgehead atoms. The van der Waals surface area contributed by atoms with Gasteiger partial charge in [0.15, 0.2) is 0 Å². The summed E-state index contributed by atoms with van der Waals surface area (Å²) in [5.41, 5.74) is 0.151. The molecule has 2 heterocycles. The van der Waals surface area contributed by atoms with Gasteiger partial charge in [0.2, 0.25) is 10.0 Å². The number of likely N-dealkylation sites (N-methyl/N-ethyl adjacent to an activating group) is 1. The summed E-state index contributed by atoms with van der Waals surface area (Å²) in [7, 11) is -1.77. The van der Waals surface area contributed by atoms with Crippen LogP contribution in [0.15, 0.2) is 23.1 Å². The van der Waals surface area contributed by atoms with Crippen LogP contribution in [0.2, 0.25) is 0 Å². The highest BCUT2D eigenvalue weighted by molar-refractivity contribution is 7.89. The first-order chi connectivity index (χ1) is 13.8. The number of morpholine rings is 1. The van der Waals surface area contributed by atoms with Crippen LogP contribution < -0.4 is 5.32 Å². The number of benzene rings is 1. The van der Waals surface area contributed by atoms with Crippen molar-refractivity contribution in [3.63, 3.8) is 0 Å². The highest BCUT2D eigenvalue weighted by atomic mass is 32.2. The molecule has 0 spiro atoms. The van der Waals surface area contributed by atoms with E-state index in [-0.39, 0.29) is 29.7 Å². The summed E-state index contributed by atoms with van der Waals surface area (Å²) in [6.07, 6.45) is 0. The molecule has 11 heteroatoms. The van der Waals surface area contributed by atoms with E-state index >= 15 is 0 Å². The molecule has 1 atom stereocenters. The van der Waals surface area contributed by atoms with Gasteiger partial charge < -0.3 is 15.0 Å². The number of non-ortho nitro benzene ring substituents is 1. The van der Waals surface area contributed by atoms with Crippen LogP contribution in [0.3, 0.4) is 0 Å². The summed E-state index contributed by atoms with van der Waals surface area (Å²) in [4.78, 5) is 15.2. The lowest BCUT2D eigenvalue weighted by Gasteiger charge is -2.36. The van der Waals surface area contributed by atoms with Crippen molar-refractivity contribution in [1.29, 1.82) is 0 Å². The number of nitrogens with zero attached hydrogens (tertiary/aromatic N) is 4. The molecule has 1 aromatic carbocycles.